The van der Waals surface area contributed by atoms with Gasteiger partial charge in [0.15, 0.2) is 0 Å². The molecule has 164 valence electrons. The van der Waals surface area contributed by atoms with E-state index < -0.39 is 24.1 Å². The second-order valence-corrected chi connectivity index (χ2v) is 7.85. The van der Waals surface area contributed by atoms with Crippen LogP contribution in [-0.4, -0.2) is 41.6 Å². The normalized spacial score (nSPS) is 16.0. The first-order chi connectivity index (χ1) is 14.8. The smallest absolute Gasteiger partial charge is 0.404 e. The van der Waals surface area contributed by atoms with Crippen molar-refractivity contribution in [2.75, 3.05) is 11.9 Å². The van der Waals surface area contributed by atoms with Crippen molar-refractivity contribution in [3.05, 3.63) is 64.2 Å². The Kier molecular flexibility index (Phi) is 7.49. The summed E-state index contributed by atoms with van der Waals surface area (Å²) in [5.41, 5.74) is 3.58. The van der Waals surface area contributed by atoms with Gasteiger partial charge in [-0.1, -0.05) is 35.9 Å². The first-order valence-corrected chi connectivity index (χ1v) is 10.4. The van der Waals surface area contributed by atoms with E-state index >= 15 is 0 Å². The minimum absolute atomic E-state index is 0.0221. The zero-order chi connectivity index (χ0) is 22.4. The molecule has 3 amide bonds. The monoisotopic (exact) mass is 444 g/mol. The van der Waals surface area contributed by atoms with Crippen molar-refractivity contribution in [3.63, 3.8) is 0 Å². The van der Waals surface area contributed by atoms with Crippen LogP contribution in [0.2, 0.25) is 5.02 Å². The molecule has 1 aliphatic rings. The van der Waals surface area contributed by atoms with Crippen LogP contribution in [0.5, 0.6) is 0 Å². The molecule has 1 aliphatic heterocycles. The van der Waals surface area contributed by atoms with Crippen LogP contribution >= 0.6 is 11.6 Å². The highest BCUT2D eigenvalue weighted by Gasteiger charge is 2.28. The summed E-state index contributed by atoms with van der Waals surface area (Å²) in [6.45, 7) is 2.41. The summed E-state index contributed by atoms with van der Waals surface area (Å²) >= 11 is 6.03. The number of fused-ring (bicyclic) bond motifs is 1. The van der Waals surface area contributed by atoms with Crippen molar-refractivity contribution in [2.24, 2.45) is 0 Å². The van der Waals surface area contributed by atoms with E-state index in [9.17, 15) is 14.4 Å². The van der Waals surface area contributed by atoms with Gasteiger partial charge in [-0.05, 0) is 54.7 Å². The Bertz CT molecular complexity index is 982. The van der Waals surface area contributed by atoms with E-state index in [1.54, 1.807) is 18.2 Å². The predicted octanol–water partition coefficient (Wildman–Crippen LogP) is 2.44. The van der Waals surface area contributed by atoms with Crippen LogP contribution in [0.1, 0.15) is 23.1 Å². The van der Waals surface area contributed by atoms with Gasteiger partial charge in [0.25, 0.3) is 0 Å². The van der Waals surface area contributed by atoms with E-state index in [1.165, 1.54) is 0 Å². The maximum atomic E-state index is 12.9. The fourth-order valence-corrected chi connectivity index (χ4v) is 3.57. The average molecular weight is 445 g/mol. The zero-order valence-corrected chi connectivity index (χ0v) is 17.8. The average Bonchev–Trinajstić information content (AvgIpc) is 2.75. The summed E-state index contributed by atoms with van der Waals surface area (Å²) in [4.78, 5) is 36.5. The van der Waals surface area contributed by atoms with Gasteiger partial charge in [0.1, 0.15) is 6.04 Å². The Morgan fingerprint density at radius 1 is 1.19 bits per heavy atom. The van der Waals surface area contributed by atoms with Crippen molar-refractivity contribution < 1.29 is 19.5 Å². The molecular formula is C22H25ClN4O4. The molecular weight excluding hydrogens is 420 g/mol. The number of carbonyl (C=O) groups excluding carboxylic acids is 2. The Labute approximate surface area is 185 Å². The zero-order valence-electron chi connectivity index (χ0n) is 17.1. The van der Waals surface area contributed by atoms with Gasteiger partial charge < -0.3 is 26.4 Å². The van der Waals surface area contributed by atoms with Crippen LogP contribution in [0.25, 0.3) is 0 Å². The number of hydrogen-bond donors (Lipinski definition) is 5. The van der Waals surface area contributed by atoms with Crippen LogP contribution in [-0.2, 0) is 22.6 Å². The summed E-state index contributed by atoms with van der Waals surface area (Å²) in [5.74, 6) is -0.740. The lowest BCUT2D eigenvalue weighted by molar-refractivity contribution is -0.128. The molecule has 8 nitrogen and oxygen atoms in total. The third kappa shape index (κ3) is 6.19. The van der Waals surface area contributed by atoms with Crippen molar-refractivity contribution in [2.45, 2.75) is 38.4 Å². The first kappa shape index (κ1) is 22.6. The minimum Gasteiger partial charge on any atom is -0.465 e. The lowest BCUT2D eigenvalue weighted by atomic mass is 9.95. The Hall–Kier alpha value is -3.10. The predicted molar refractivity (Wildman–Crippen MR) is 118 cm³/mol. The van der Waals surface area contributed by atoms with E-state index in [-0.39, 0.29) is 18.9 Å². The number of carboxylic acid groups (broad SMARTS) is 1. The number of hydrogen-bond acceptors (Lipinski definition) is 4. The molecule has 0 radical (unpaired) electrons. The van der Waals surface area contributed by atoms with E-state index in [0.29, 0.717) is 23.7 Å². The number of halogens is 1. The van der Waals surface area contributed by atoms with E-state index in [0.717, 1.165) is 16.7 Å². The summed E-state index contributed by atoms with van der Waals surface area (Å²) < 4.78 is 0. The lowest BCUT2D eigenvalue weighted by Gasteiger charge is -2.27. The van der Waals surface area contributed by atoms with Crippen molar-refractivity contribution >= 4 is 35.2 Å². The number of aryl methyl sites for hydroxylation is 1. The van der Waals surface area contributed by atoms with Crippen LogP contribution in [0.15, 0.2) is 42.5 Å². The molecule has 1 heterocycles. The topological polar surface area (TPSA) is 120 Å². The molecule has 0 saturated carbocycles. The van der Waals surface area contributed by atoms with Crippen LogP contribution < -0.4 is 21.3 Å². The van der Waals surface area contributed by atoms with E-state index in [2.05, 4.69) is 21.3 Å². The van der Waals surface area contributed by atoms with Crippen molar-refractivity contribution in [3.8, 4) is 0 Å². The second-order valence-electron chi connectivity index (χ2n) is 7.44. The van der Waals surface area contributed by atoms with Crippen LogP contribution in [0.4, 0.5) is 10.5 Å². The van der Waals surface area contributed by atoms with Gasteiger partial charge in [0.2, 0.25) is 11.8 Å². The molecule has 2 aromatic rings. The maximum absolute atomic E-state index is 12.9. The third-order valence-corrected chi connectivity index (χ3v) is 5.59. The number of anilines is 1. The molecule has 0 unspecified atom stereocenters. The van der Waals surface area contributed by atoms with Crippen LogP contribution in [0.3, 0.4) is 0 Å². The van der Waals surface area contributed by atoms with Crippen molar-refractivity contribution in [1.82, 2.24) is 16.0 Å². The molecule has 2 aromatic carbocycles. The Morgan fingerprint density at radius 3 is 2.65 bits per heavy atom. The highest BCUT2D eigenvalue weighted by atomic mass is 35.5. The Morgan fingerprint density at radius 2 is 1.94 bits per heavy atom. The van der Waals surface area contributed by atoms with Gasteiger partial charge in [-0.15, -0.1) is 0 Å². The molecule has 9 heteroatoms. The van der Waals surface area contributed by atoms with Crippen molar-refractivity contribution in [1.29, 1.82) is 0 Å². The fraction of sp³-hybridized carbons (Fsp3) is 0.318. The lowest BCUT2D eigenvalue weighted by Crippen LogP contribution is -2.53. The molecule has 31 heavy (non-hydrogen) atoms. The third-order valence-electron chi connectivity index (χ3n) is 5.17. The molecule has 0 fully saturated rings. The maximum Gasteiger partial charge on any atom is 0.404 e. The highest BCUT2D eigenvalue weighted by Crippen LogP contribution is 2.20. The molecule has 0 spiro atoms. The van der Waals surface area contributed by atoms with Gasteiger partial charge in [-0.3, -0.25) is 9.59 Å². The van der Waals surface area contributed by atoms with E-state index in [1.807, 2.05) is 31.2 Å². The molecule has 3 rings (SSSR count). The number of benzene rings is 2. The first-order valence-electron chi connectivity index (χ1n) is 9.98. The molecule has 0 aliphatic carbocycles. The van der Waals surface area contributed by atoms with Gasteiger partial charge in [0, 0.05) is 23.8 Å². The standard InChI is InChI=1S/C22H25ClN4O4/c1-13-10-16(6-7-17(13)23)26-20(28)18(8-9-24-22(30)31)27-21(29)19-11-14-4-2-3-5-15(14)12-25-19/h2-7,10,18-19,24-25H,8-9,11-12H2,1H3,(H,26,28)(H,27,29)(H,30,31)/t18-,19-/m0/s1. The van der Waals surface area contributed by atoms with E-state index in [4.69, 9.17) is 16.7 Å². The summed E-state index contributed by atoms with van der Waals surface area (Å²) in [7, 11) is 0. The fourth-order valence-electron chi connectivity index (χ4n) is 3.46. The molecule has 0 aromatic heterocycles. The number of rotatable bonds is 7. The quantitative estimate of drug-likeness (QED) is 0.449. The largest absolute Gasteiger partial charge is 0.465 e. The molecule has 2 atom stereocenters. The number of amides is 3. The highest BCUT2D eigenvalue weighted by molar-refractivity contribution is 6.31. The Balaban J connectivity index is 1.67. The number of carbonyl (C=O) groups is 3. The molecule has 0 bridgehead atoms. The van der Waals surface area contributed by atoms with Crippen LogP contribution in [0, 0.1) is 6.92 Å². The summed E-state index contributed by atoms with van der Waals surface area (Å²) in [6.07, 6.45) is -0.566. The SMILES string of the molecule is Cc1cc(NC(=O)[C@H](CCNC(=O)O)NC(=O)[C@@H]2Cc3ccccc3CN2)ccc1Cl. The minimum atomic E-state index is -1.19. The molecule has 0 saturated heterocycles. The van der Waals surface area contributed by atoms with Gasteiger partial charge in [0.05, 0.1) is 6.04 Å². The van der Waals surface area contributed by atoms with Gasteiger partial charge in [-0.2, -0.15) is 0 Å². The van der Waals surface area contributed by atoms with Gasteiger partial charge >= 0.3 is 6.09 Å². The summed E-state index contributed by atoms with van der Waals surface area (Å²) in [6, 6.07) is 11.6. The number of nitrogens with one attached hydrogen (secondary N) is 4. The molecule has 5 N–H and O–H groups in total. The second kappa shape index (κ2) is 10.3. The van der Waals surface area contributed by atoms with Gasteiger partial charge in [-0.25, -0.2) is 4.79 Å². The summed E-state index contributed by atoms with van der Waals surface area (Å²) in [5, 5.41) is 20.3.